The first kappa shape index (κ1) is 16.9. The molecule has 2 aromatic carbocycles. The van der Waals surface area contributed by atoms with Crippen molar-refractivity contribution in [2.24, 2.45) is 0 Å². The number of benzene rings is 2. The minimum Gasteiger partial charge on any atom is -0.325 e. The van der Waals surface area contributed by atoms with Crippen molar-refractivity contribution in [3.63, 3.8) is 0 Å². The van der Waals surface area contributed by atoms with E-state index in [1.807, 2.05) is 12.1 Å². The van der Waals surface area contributed by atoms with Crippen LogP contribution in [0.4, 0.5) is 5.69 Å². The van der Waals surface area contributed by atoms with E-state index in [4.69, 9.17) is 0 Å². The van der Waals surface area contributed by atoms with Crippen molar-refractivity contribution < 1.29 is 13.2 Å². The van der Waals surface area contributed by atoms with Crippen LogP contribution in [0.5, 0.6) is 0 Å². The highest BCUT2D eigenvalue weighted by atomic mass is 127. The summed E-state index contributed by atoms with van der Waals surface area (Å²) in [6.07, 6.45) is 0. The molecule has 0 saturated carbocycles. The lowest BCUT2D eigenvalue weighted by Crippen LogP contribution is -2.41. The largest absolute Gasteiger partial charge is 0.325 e. The van der Waals surface area contributed by atoms with Crippen LogP contribution in [0.1, 0.15) is 6.92 Å². The lowest BCUT2D eigenvalue weighted by Gasteiger charge is -2.14. The van der Waals surface area contributed by atoms with Gasteiger partial charge in [0, 0.05) is 9.26 Å². The van der Waals surface area contributed by atoms with E-state index in [9.17, 15) is 13.2 Å². The van der Waals surface area contributed by atoms with Gasteiger partial charge in [-0.05, 0) is 65.9 Å². The first-order valence-electron chi connectivity index (χ1n) is 6.52. The molecule has 2 N–H and O–H groups in total. The zero-order chi connectivity index (χ0) is 16.2. The lowest BCUT2D eigenvalue weighted by molar-refractivity contribution is -0.117. The minimum absolute atomic E-state index is 0.129. The molecule has 1 atom stereocenters. The summed E-state index contributed by atoms with van der Waals surface area (Å²) >= 11 is 2.16. The maximum atomic E-state index is 12.2. The Kier molecular flexibility index (Phi) is 5.54. The van der Waals surface area contributed by atoms with Crippen LogP contribution >= 0.6 is 22.6 Å². The fourth-order valence-corrected chi connectivity index (χ4v) is 3.32. The quantitative estimate of drug-likeness (QED) is 0.717. The Morgan fingerprint density at radius 2 is 1.64 bits per heavy atom. The van der Waals surface area contributed by atoms with Crippen LogP contribution in [0.15, 0.2) is 59.5 Å². The second kappa shape index (κ2) is 7.21. The molecule has 0 fully saturated rings. The molecule has 0 bridgehead atoms. The molecule has 7 heteroatoms. The van der Waals surface area contributed by atoms with Crippen molar-refractivity contribution in [1.82, 2.24) is 4.72 Å². The molecular weight excluding hydrogens is 415 g/mol. The normalized spacial score (nSPS) is 12.6. The summed E-state index contributed by atoms with van der Waals surface area (Å²) in [4.78, 5) is 12.2. The molecule has 0 aliphatic heterocycles. The number of carbonyl (C=O) groups is 1. The Labute approximate surface area is 143 Å². The number of amides is 1. The van der Waals surface area contributed by atoms with Gasteiger partial charge in [0.15, 0.2) is 0 Å². The molecule has 0 saturated heterocycles. The Hall–Kier alpha value is -1.45. The second-order valence-electron chi connectivity index (χ2n) is 4.65. The van der Waals surface area contributed by atoms with E-state index in [-0.39, 0.29) is 4.90 Å². The van der Waals surface area contributed by atoms with E-state index < -0.39 is 22.0 Å². The molecule has 0 aromatic heterocycles. The fraction of sp³-hybridized carbons (Fsp3) is 0.133. The third-order valence-corrected chi connectivity index (χ3v) is 5.17. The SMILES string of the molecule is CC(NS(=O)(=O)c1ccccc1)C(=O)Nc1ccc(I)cc1. The molecule has 1 unspecified atom stereocenters. The Morgan fingerprint density at radius 1 is 1.05 bits per heavy atom. The van der Waals surface area contributed by atoms with Gasteiger partial charge in [0.2, 0.25) is 15.9 Å². The molecule has 2 rings (SSSR count). The number of sulfonamides is 1. The summed E-state index contributed by atoms with van der Waals surface area (Å²) in [7, 11) is -3.72. The smallest absolute Gasteiger partial charge is 0.242 e. The summed E-state index contributed by atoms with van der Waals surface area (Å²) in [5, 5.41) is 2.67. The van der Waals surface area contributed by atoms with E-state index >= 15 is 0 Å². The fourth-order valence-electron chi connectivity index (χ4n) is 1.74. The number of nitrogens with one attached hydrogen (secondary N) is 2. The number of carbonyl (C=O) groups excluding carboxylic acids is 1. The number of anilines is 1. The number of halogens is 1. The van der Waals surface area contributed by atoms with Gasteiger partial charge in [-0.15, -0.1) is 0 Å². The Bertz CT molecular complexity index is 746. The monoisotopic (exact) mass is 430 g/mol. The molecule has 2 aromatic rings. The third kappa shape index (κ3) is 4.52. The number of hydrogen-bond donors (Lipinski definition) is 2. The molecule has 0 spiro atoms. The van der Waals surface area contributed by atoms with Crippen molar-refractivity contribution in [3.05, 3.63) is 58.2 Å². The van der Waals surface area contributed by atoms with Crippen LogP contribution in [-0.4, -0.2) is 20.4 Å². The van der Waals surface area contributed by atoms with Gasteiger partial charge in [-0.3, -0.25) is 4.79 Å². The van der Waals surface area contributed by atoms with E-state index in [2.05, 4.69) is 32.6 Å². The lowest BCUT2D eigenvalue weighted by atomic mass is 10.3. The van der Waals surface area contributed by atoms with Crippen molar-refractivity contribution in [1.29, 1.82) is 0 Å². The molecule has 0 aliphatic carbocycles. The minimum atomic E-state index is -3.72. The van der Waals surface area contributed by atoms with E-state index in [0.29, 0.717) is 5.69 Å². The van der Waals surface area contributed by atoms with Crippen LogP contribution in [0.25, 0.3) is 0 Å². The van der Waals surface area contributed by atoms with Gasteiger partial charge in [0.05, 0.1) is 10.9 Å². The van der Waals surface area contributed by atoms with Gasteiger partial charge in [0.25, 0.3) is 0 Å². The van der Waals surface area contributed by atoms with E-state index in [1.54, 1.807) is 30.3 Å². The zero-order valence-electron chi connectivity index (χ0n) is 11.8. The first-order chi connectivity index (χ1) is 10.4. The molecular formula is C15H15IN2O3S. The summed E-state index contributed by atoms with van der Waals surface area (Å²) in [6, 6.07) is 14.3. The van der Waals surface area contributed by atoms with Gasteiger partial charge in [-0.1, -0.05) is 18.2 Å². The Morgan fingerprint density at radius 3 is 2.23 bits per heavy atom. The van der Waals surface area contributed by atoms with Crippen LogP contribution in [-0.2, 0) is 14.8 Å². The predicted octanol–water partition coefficient (Wildman–Crippen LogP) is 2.60. The highest BCUT2D eigenvalue weighted by molar-refractivity contribution is 14.1. The molecule has 5 nitrogen and oxygen atoms in total. The van der Waals surface area contributed by atoms with Gasteiger partial charge in [-0.25, -0.2) is 8.42 Å². The molecule has 0 radical (unpaired) electrons. The van der Waals surface area contributed by atoms with Gasteiger partial charge in [0.1, 0.15) is 0 Å². The van der Waals surface area contributed by atoms with Crippen molar-refractivity contribution in [3.8, 4) is 0 Å². The summed E-state index contributed by atoms with van der Waals surface area (Å²) in [5.74, 6) is -0.416. The molecule has 0 aliphatic rings. The number of rotatable bonds is 5. The predicted molar refractivity (Wildman–Crippen MR) is 94.0 cm³/mol. The highest BCUT2D eigenvalue weighted by Crippen LogP contribution is 2.12. The molecule has 22 heavy (non-hydrogen) atoms. The standard InChI is InChI=1S/C15H15IN2O3S/c1-11(15(19)17-13-9-7-12(16)8-10-13)18-22(20,21)14-5-3-2-4-6-14/h2-11,18H,1H3,(H,17,19). The summed E-state index contributed by atoms with van der Waals surface area (Å²) in [6.45, 7) is 1.50. The van der Waals surface area contributed by atoms with Crippen LogP contribution in [0.2, 0.25) is 0 Å². The van der Waals surface area contributed by atoms with Gasteiger partial charge < -0.3 is 5.32 Å². The van der Waals surface area contributed by atoms with E-state index in [1.165, 1.54) is 19.1 Å². The van der Waals surface area contributed by atoms with Crippen molar-refractivity contribution in [2.75, 3.05) is 5.32 Å². The van der Waals surface area contributed by atoms with E-state index in [0.717, 1.165) is 3.57 Å². The molecule has 116 valence electrons. The second-order valence-corrected chi connectivity index (χ2v) is 7.61. The number of hydrogen-bond acceptors (Lipinski definition) is 3. The van der Waals surface area contributed by atoms with Crippen molar-refractivity contribution in [2.45, 2.75) is 17.9 Å². The summed E-state index contributed by atoms with van der Waals surface area (Å²) in [5.41, 5.74) is 0.621. The zero-order valence-corrected chi connectivity index (χ0v) is 14.8. The average molecular weight is 430 g/mol. The maximum absolute atomic E-state index is 12.2. The topological polar surface area (TPSA) is 75.3 Å². The van der Waals surface area contributed by atoms with Crippen molar-refractivity contribution >= 4 is 44.2 Å². The van der Waals surface area contributed by atoms with Crippen LogP contribution in [0, 0.1) is 3.57 Å². The van der Waals surface area contributed by atoms with Gasteiger partial charge in [-0.2, -0.15) is 4.72 Å². The average Bonchev–Trinajstić information content (AvgIpc) is 2.50. The van der Waals surface area contributed by atoms with Crippen LogP contribution < -0.4 is 10.0 Å². The third-order valence-electron chi connectivity index (χ3n) is 2.89. The summed E-state index contributed by atoms with van der Waals surface area (Å²) < 4.78 is 27.7. The maximum Gasteiger partial charge on any atom is 0.242 e. The van der Waals surface area contributed by atoms with Gasteiger partial charge >= 0.3 is 0 Å². The molecule has 1 amide bonds. The Balaban J connectivity index is 2.04. The molecule has 0 heterocycles. The first-order valence-corrected chi connectivity index (χ1v) is 9.08. The highest BCUT2D eigenvalue weighted by Gasteiger charge is 2.21. The van der Waals surface area contributed by atoms with Crippen LogP contribution in [0.3, 0.4) is 0 Å².